The van der Waals surface area contributed by atoms with E-state index in [1.54, 1.807) is 0 Å². The number of carbonyl (C=O) groups is 3. The number of rotatable bonds is 10. The van der Waals surface area contributed by atoms with Crippen molar-refractivity contribution in [3.05, 3.63) is 41.7 Å². The molecule has 1 aromatic rings. The third kappa shape index (κ3) is 4.65. The Bertz CT molecular complexity index is 888. The summed E-state index contributed by atoms with van der Waals surface area (Å²) >= 11 is 0. The summed E-state index contributed by atoms with van der Waals surface area (Å²) in [4.78, 5) is 37.2. The molecule has 0 radical (unpaired) electrons. The van der Waals surface area contributed by atoms with E-state index in [2.05, 4.69) is 20.4 Å². The van der Waals surface area contributed by atoms with Crippen LogP contribution in [0.1, 0.15) is 80.6 Å². The first kappa shape index (κ1) is 23.0. The van der Waals surface area contributed by atoms with Crippen LogP contribution in [0.25, 0.3) is 0 Å². The molecule has 2 aliphatic rings. The van der Waals surface area contributed by atoms with Gasteiger partial charge in [0.1, 0.15) is 17.6 Å². The maximum atomic E-state index is 15.0. The number of carboxylic acids is 1. The van der Waals surface area contributed by atoms with Gasteiger partial charge in [0.25, 0.3) is 5.91 Å². The minimum Gasteiger partial charge on any atom is -0.493 e. The summed E-state index contributed by atoms with van der Waals surface area (Å²) in [7, 11) is 0. The molecule has 1 aliphatic carbocycles. The van der Waals surface area contributed by atoms with Gasteiger partial charge in [-0.05, 0) is 56.1 Å². The monoisotopic (exact) mass is 431 g/mol. The number of ether oxygens (including phenoxy) is 1. The molecule has 0 aromatic heterocycles. The van der Waals surface area contributed by atoms with Crippen LogP contribution in [0.5, 0.6) is 5.75 Å². The lowest BCUT2D eigenvalue weighted by Gasteiger charge is -2.31. The number of likely N-dealkylation sites (tertiary alicyclic amines) is 1. The summed E-state index contributed by atoms with van der Waals surface area (Å²) in [5.74, 6) is -2.98. The molecule has 31 heavy (non-hydrogen) atoms. The number of aliphatic carboxylic acids is 1. The Kier molecular flexibility index (Phi) is 6.82. The van der Waals surface area contributed by atoms with E-state index in [1.165, 1.54) is 12.1 Å². The zero-order chi connectivity index (χ0) is 22.8. The highest BCUT2D eigenvalue weighted by molar-refractivity contribution is 6.08. The van der Waals surface area contributed by atoms with E-state index in [-0.39, 0.29) is 29.7 Å². The summed E-state index contributed by atoms with van der Waals surface area (Å²) in [6, 6.07) is 1.40. The van der Waals surface area contributed by atoms with Crippen molar-refractivity contribution < 1.29 is 28.6 Å². The van der Waals surface area contributed by atoms with Crippen LogP contribution in [0.3, 0.4) is 0 Å². The van der Waals surface area contributed by atoms with E-state index in [1.807, 2.05) is 6.08 Å². The third-order valence-electron chi connectivity index (χ3n) is 6.67. The standard InChI is InChI=1S/C24H30FNO5/c1-4-11-24(5-2,6-3)14-31-20-13-18(25)17(12-16(20)15-7-8-15)22(28)26-19(23(29)30)9-10-21(26)27/h4,12-13,15,19H,1,5-11,14H2,2-3H3,(H,29,30)/t19-/m0/s1. The fourth-order valence-corrected chi connectivity index (χ4v) is 4.21. The molecule has 1 atom stereocenters. The summed E-state index contributed by atoms with van der Waals surface area (Å²) < 4.78 is 21.1. The Morgan fingerprint density at radius 1 is 1.29 bits per heavy atom. The first-order valence-corrected chi connectivity index (χ1v) is 10.9. The lowest BCUT2D eigenvalue weighted by molar-refractivity contribution is -0.144. The van der Waals surface area contributed by atoms with Crippen LogP contribution >= 0.6 is 0 Å². The van der Waals surface area contributed by atoms with E-state index in [0.29, 0.717) is 17.3 Å². The highest BCUT2D eigenvalue weighted by Gasteiger charge is 2.42. The number of hydrogen-bond donors (Lipinski definition) is 1. The van der Waals surface area contributed by atoms with Gasteiger partial charge >= 0.3 is 5.97 Å². The van der Waals surface area contributed by atoms with Gasteiger partial charge in [-0.25, -0.2) is 9.18 Å². The Hall–Kier alpha value is -2.70. The molecule has 1 aliphatic heterocycles. The number of nitrogens with zero attached hydrogens (tertiary/aromatic N) is 1. The summed E-state index contributed by atoms with van der Waals surface area (Å²) in [6.07, 6.45) is 6.25. The van der Waals surface area contributed by atoms with Gasteiger partial charge in [0.15, 0.2) is 0 Å². The second-order valence-electron chi connectivity index (χ2n) is 8.59. The second kappa shape index (κ2) is 9.20. The van der Waals surface area contributed by atoms with Crippen molar-refractivity contribution >= 4 is 17.8 Å². The van der Waals surface area contributed by atoms with Crippen LogP contribution in [-0.2, 0) is 9.59 Å². The number of allylic oxidation sites excluding steroid dienone is 1. The van der Waals surface area contributed by atoms with Crippen molar-refractivity contribution in [3.8, 4) is 5.75 Å². The van der Waals surface area contributed by atoms with Crippen LogP contribution < -0.4 is 4.74 Å². The lowest BCUT2D eigenvalue weighted by atomic mass is 9.80. The van der Waals surface area contributed by atoms with Crippen LogP contribution in [0.2, 0.25) is 0 Å². The molecule has 6 nitrogen and oxygen atoms in total. The fourth-order valence-electron chi connectivity index (χ4n) is 4.21. The van der Waals surface area contributed by atoms with Crippen molar-refractivity contribution in [2.75, 3.05) is 6.61 Å². The third-order valence-corrected chi connectivity index (χ3v) is 6.67. The van der Waals surface area contributed by atoms with Gasteiger partial charge in [-0.15, -0.1) is 6.58 Å². The number of carbonyl (C=O) groups excluding carboxylic acids is 2. The molecule has 1 heterocycles. The topological polar surface area (TPSA) is 83.9 Å². The maximum absolute atomic E-state index is 15.0. The Morgan fingerprint density at radius 2 is 1.97 bits per heavy atom. The molecule has 2 fully saturated rings. The maximum Gasteiger partial charge on any atom is 0.326 e. The molecular formula is C24H30FNO5. The summed E-state index contributed by atoms with van der Waals surface area (Å²) in [5.41, 5.74) is 0.367. The van der Waals surface area contributed by atoms with Crippen LogP contribution in [0.4, 0.5) is 4.39 Å². The number of hydrogen-bond acceptors (Lipinski definition) is 4. The van der Waals surface area contributed by atoms with E-state index >= 15 is 4.39 Å². The average molecular weight is 432 g/mol. The lowest BCUT2D eigenvalue weighted by Crippen LogP contribution is -2.43. The van der Waals surface area contributed by atoms with Crippen molar-refractivity contribution in [1.29, 1.82) is 0 Å². The predicted octanol–water partition coefficient (Wildman–Crippen LogP) is 4.68. The largest absolute Gasteiger partial charge is 0.493 e. The van der Waals surface area contributed by atoms with E-state index in [4.69, 9.17) is 4.74 Å². The molecule has 168 valence electrons. The summed E-state index contributed by atoms with van der Waals surface area (Å²) in [5, 5.41) is 9.33. The molecule has 7 heteroatoms. The Labute approximate surface area is 182 Å². The van der Waals surface area contributed by atoms with Gasteiger partial charge in [0.05, 0.1) is 12.2 Å². The van der Waals surface area contributed by atoms with E-state index in [0.717, 1.165) is 37.7 Å². The first-order valence-electron chi connectivity index (χ1n) is 10.9. The second-order valence-corrected chi connectivity index (χ2v) is 8.59. The Morgan fingerprint density at radius 3 is 2.52 bits per heavy atom. The van der Waals surface area contributed by atoms with Gasteiger partial charge in [0, 0.05) is 17.9 Å². The molecule has 3 rings (SSSR count). The Balaban J connectivity index is 1.91. The van der Waals surface area contributed by atoms with Gasteiger partial charge < -0.3 is 9.84 Å². The average Bonchev–Trinajstić information content (AvgIpc) is 3.51. The van der Waals surface area contributed by atoms with Crippen LogP contribution in [0.15, 0.2) is 24.8 Å². The van der Waals surface area contributed by atoms with E-state index in [9.17, 15) is 19.5 Å². The fraction of sp³-hybridized carbons (Fsp3) is 0.542. The van der Waals surface area contributed by atoms with Crippen molar-refractivity contribution in [2.24, 2.45) is 5.41 Å². The zero-order valence-electron chi connectivity index (χ0n) is 18.2. The van der Waals surface area contributed by atoms with E-state index < -0.39 is 29.6 Å². The molecule has 1 aromatic carbocycles. The minimum absolute atomic E-state index is 0.0393. The molecular weight excluding hydrogens is 401 g/mol. The van der Waals surface area contributed by atoms with Gasteiger partial charge in [-0.3, -0.25) is 14.5 Å². The molecule has 0 spiro atoms. The number of carboxylic acid groups (broad SMARTS) is 1. The molecule has 0 bridgehead atoms. The quantitative estimate of drug-likeness (QED) is 0.430. The smallest absolute Gasteiger partial charge is 0.326 e. The molecule has 0 unspecified atom stereocenters. The molecule has 1 saturated heterocycles. The van der Waals surface area contributed by atoms with Crippen molar-refractivity contribution in [3.63, 3.8) is 0 Å². The predicted molar refractivity (Wildman–Crippen MR) is 114 cm³/mol. The summed E-state index contributed by atoms with van der Waals surface area (Å²) in [6.45, 7) is 8.42. The van der Waals surface area contributed by atoms with Crippen LogP contribution in [0, 0.1) is 11.2 Å². The van der Waals surface area contributed by atoms with Gasteiger partial charge in [-0.2, -0.15) is 0 Å². The number of imide groups is 1. The van der Waals surface area contributed by atoms with Crippen molar-refractivity contribution in [2.45, 2.75) is 70.8 Å². The number of benzene rings is 1. The molecule has 2 amide bonds. The zero-order valence-corrected chi connectivity index (χ0v) is 18.2. The molecule has 1 saturated carbocycles. The van der Waals surface area contributed by atoms with Gasteiger partial charge in [-0.1, -0.05) is 19.9 Å². The number of amides is 2. The van der Waals surface area contributed by atoms with Gasteiger partial charge in [0.2, 0.25) is 5.91 Å². The molecule has 1 N–H and O–H groups in total. The van der Waals surface area contributed by atoms with Crippen LogP contribution in [-0.4, -0.2) is 40.4 Å². The normalized spacial score (nSPS) is 18.9. The minimum atomic E-state index is -1.26. The SMILES string of the molecule is C=CCC(CC)(CC)COc1cc(F)c(C(=O)N2C(=O)CC[C@H]2C(=O)O)cc1C1CC1. The van der Waals surface area contributed by atoms with Crippen molar-refractivity contribution in [1.82, 2.24) is 4.90 Å². The highest BCUT2D eigenvalue weighted by atomic mass is 19.1. The number of halogens is 1. The highest BCUT2D eigenvalue weighted by Crippen LogP contribution is 2.46. The first-order chi connectivity index (χ1) is 14.8.